The number of aromatic nitrogens is 3. The third kappa shape index (κ3) is 3.05. The summed E-state index contributed by atoms with van der Waals surface area (Å²) in [6, 6.07) is 1.90. The Morgan fingerprint density at radius 3 is 2.89 bits per heavy atom. The molecule has 5 nitrogen and oxygen atoms in total. The van der Waals surface area contributed by atoms with Gasteiger partial charge < -0.3 is 5.73 Å². The van der Waals surface area contributed by atoms with Crippen LogP contribution >= 0.6 is 0 Å². The molecule has 2 aromatic rings. The van der Waals surface area contributed by atoms with Gasteiger partial charge in [0.1, 0.15) is 0 Å². The van der Waals surface area contributed by atoms with E-state index in [0.29, 0.717) is 6.54 Å². The molecular weight excluding hydrogens is 226 g/mol. The predicted octanol–water partition coefficient (Wildman–Crippen LogP) is 1.15. The molecule has 0 bridgehead atoms. The quantitative estimate of drug-likeness (QED) is 0.861. The summed E-state index contributed by atoms with van der Waals surface area (Å²) < 4.78 is 1.94. The summed E-state index contributed by atoms with van der Waals surface area (Å²) in [6.45, 7) is 6.80. The van der Waals surface area contributed by atoms with Gasteiger partial charge in [0, 0.05) is 31.7 Å². The van der Waals surface area contributed by atoms with Gasteiger partial charge in [0.25, 0.3) is 0 Å². The molecule has 0 aliphatic carbocycles. The van der Waals surface area contributed by atoms with E-state index in [2.05, 4.69) is 35.8 Å². The molecule has 0 aromatic carbocycles. The Bertz CT molecular complexity index is 484. The smallest absolute Gasteiger partial charge is 0.233 e. The Morgan fingerprint density at radius 2 is 2.22 bits per heavy atom. The molecule has 0 atom stereocenters. The number of fused-ring (bicyclic) bond motifs is 1. The van der Waals surface area contributed by atoms with E-state index in [0.717, 1.165) is 24.6 Å². The molecular formula is C13H21N5. The average molecular weight is 247 g/mol. The molecule has 0 radical (unpaired) electrons. The van der Waals surface area contributed by atoms with Gasteiger partial charge >= 0.3 is 0 Å². The number of nitrogens with two attached hydrogens (primary N) is 1. The van der Waals surface area contributed by atoms with Gasteiger partial charge in [-0.05, 0) is 25.1 Å². The molecule has 0 saturated carbocycles. The lowest BCUT2D eigenvalue weighted by molar-refractivity contribution is 0.208. The van der Waals surface area contributed by atoms with Crippen LogP contribution in [-0.4, -0.2) is 39.4 Å². The first kappa shape index (κ1) is 13.0. The lowest BCUT2D eigenvalue weighted by atomic mass is 9.93. The largest absolute Gasteiger partial charge is 0.330 e. The average Bonchev–Trinajstić information content (AvgIpc) is 2.70. The van der Waals surface area contributed by atoms with Gasteiger partial charge in [-0.25, -0.2) is 9.97 Å². The van der Waals surface area contributed by atoms with Crippen LogP contribution < -0.4 is 5.73 Å². The molecule has 2 N–H and O–H groups in total. The second-order valence-corrected chi connectivity index (χ2v) is 5.60. The minimum absolute atomic E-state index is 0.131. The fraction of sp³-hybridized carbons (Fsp3) is 0.538. The van der Waals surface area contributed by atoms with Crippen molar-refractivity contribution in [1.29, 1.82) is 0 Å². The van der Waals surface area contributed by atoms with E-state index in [1.807, 2.05) is 22.9 Å². The number of hydrogen-bond acceptors (Lipinski definition) is 4. The maximum atomic E-state index is 5.75. The zero-order chi connectivity index (χ0) is 13.2. The lowest BCUT2D eigenvalue weighted by Gasteiger charge is -2.28. The first-order valence-electron chi connectivity index (χ1n) is 6.17. The molecule has 0 saturated heterocycles. The van der Waals surface area contributed by atoms with E-state index in [1.54, 1.807) is 6.20 Å². The van der Waals surface area contributed by atoms with Gasteiger partial charge in [0.05, 0.1) is 5.69 Å². The van der Waals surface area contributed by atoms with Crippen molar-refractivity contribution in [3.63, 3.8) is 0 Å². The molecule has 0 amide bonds. The normalized spacial score (nSPS) is 12.5. The van der Waals surface area contributed by atoms with Crippen molar-refractivity contribution in [2.24, 2.45) is 11.1 Å². The Balaban J connectivity index is 2.05. The molecule has 98 valence electrons. The summed E-state index contributed by atoms with van der Waals surface area (Å²) in [6.07, 6.45) is 5.74. The monoisotopic (exact) mass is 247 g/mol. The first-order valence-corrected chi connectivity index (χ1v) is 6.17. The second-order valence-electron chi connectivity index (χ2n) is 5.60. The SMILES string of the molecule is CN(Cc1cn2cccnc2n1)CC(C)(C)CN. The van der Waals surface area contributed by atoms with Crippen LogP contribution in [0.4, 0.5) is 0 Å². The third-order valence-corrected chi connectivity index (χ3v) is 2.97. The fourth-order valence-corrected chi connectivity index (χ4v) is 2.08. The van der Waals surface area contributed by atoms with Crippen LogP contribution in [0.15, 0.2) is 24.7 Å². The summed E-state index contributed by atoms with van der Waals surface area (Å²) in [7, 11) is 2.09. The number of imidazole rings is 1. The van der Waals surface area contributed by atoms with Crippen LogP contribution in [0, 0.1) is 5.41 Å². The van der Waals surface area contributed by atoms with E-state index < -0.39 is 0 Å². The Kier molecular flexibility index (Phi) is 3.63. The zero-order valence-corrected chi connectivity index (χ0v) is 11.3. The predicted molar refractivity (Wildman–Crippen MR) is 72.2 cm³/mol. The van der Waals surface area contributed by atoms with Crippen LogP contribution in [0.2, 0.25) is 0 Å². The van der Waals surface area contributed by atoms with E-state index in [-0.39, 0.29) is 5.41 Å². The van der Waals surface area contributed by atoms with Crippen molar-refractivity contribution in [3.05, 3.63) is 30.4 Å². The molecule has 2 aromatic heterocycles. The molecule has 0 aliphatic rings. The van der Waals surface area contributed by atoms with E-state index >= 15 is 0 Å². The molecule has 2 heterocycles. The molecule has 18 heavy (non-hydrogen) atoms. The van der Waals surface area contributed by atoms with Gasteiger partial charge in [-0.3, -0.25) is 9.30 Å². The summed E-state index contributed by atoms with van der Waals surface area (Å²) in [5, 5.41) is 0. The van der Waals surface area contributed by atoms with Crippen LogP contribution in [0.3, 0.4) is 0 Å². The van der Waals surface area contributed by atoms with E-state index in [1.165, 1.54) is 0 Å². The number of nitrogens with zero attached hydrogens (tertiary/aromatic N) is 4. The van der Waals surface area contributed by atoms with Crippen LogP contribution in [0.25, 0.3) is 5.78 Å². The van der Waals surface area contributed by atoms with Gasteiger partial charge in [-0.2, -0.15) is 0 Å². The minimum Gasteiger partial charge on any atom is -0.330 e. The maximum Gasteiger partial charge on any atom is 0.233 e. The minimum atomic E-state index is 0.131. The van der Waals surface area contributed by atoms with Gasteiger partial charge in [0.2, 0.25) is 5.78 Å². The summed E-state index contributed by atoms with van der Waals surface area (Å²) in [5.41, 5.74) is 6.92. The molecule has 0 spiro atoms. The summed E-state index contributed by atoms with van der Waals surface area (Å²) in [4.78, 5) is 10.9. The summed E-state index contributed by atoms with van der Waals surface area (Å²) in [5.74, 6) is 0.749. The Morgan fingerprint density at radius 1 is 1.44 bits per heavy atom. The van der Waals surface area contributed by atoms with Gasteiger partial charge in [0.15, 0.2) is 0 Å². The topological polar surface area (TPSA) is 59.5 Å². The standard InChI is InChI=1S/C13H21N5/c1-13(2,9-14)10-17(3)7-11-8-18-6-4-5-15-12(18)16-11/h4-6,8H,7,9-10,14H2,1-3H3. The van der Waals surface area contributed by atoms with Crippen LogP contribution in [0.1, 0.15) is 19.5 Å². The lowest BCUT2D eigenvalue weighted by Crippen LogP contribution is -2.36. The maximum absolute atomic E-state index is 5.75. The molecule has 0 aliphatic heterocycles. The Labute approximate surface area is 108 Å². The molecule has 5 heteroatoms. The van der Waals surface area contributed by atoms with Crippen molar-refractivity contribution in [2.75, 3.05) is 20.1 Å². The van der Waals surface area contributed by atoms with Crippen molar-refractivity contribution < 1.29 is 0 Å². The number of hydrogen-bond donors (Lipinski definition) is 1. The van der Waals surface area contributed by atoms with Crippen molar-refractivity contribution in [1.82, 2.24) is 19.3 Å². The van der Waals surface area contributed by atoms with E-state index in [9.17, 15) is 0 Å². The van der Waals surface area contributed by atoms with E-state index in [4.69, 9.17) is 5.73 Å². The third-order valence-electron chi connectivity index (χ3n) is 2.97. The highest BCUT2D eigenvalue weighted by molar-refractivity contribution is 5.29. The van der Waals surface area contributed by atoms with Gasteiger partial charge in [-0.15, -0.1) is 0 Å². The first-order chi connectivity index (χ1) is 8.50. The Hall–Kier alpha value is -1.46. The van der Waals surface area contributed by atoms with Crippen molar-refractivity contribution >= 4 is 5.78 Å². The second kappa shape index (κ2) is 5.04. The fourth-order valence-electron chi connectivity index (χ4n) is 2.08. The highest BCUT2D eigenvalue weighted by Gasteiger charge is 2.18. The highest BCUT2D eigenvalue weighted by atomic mass is 15.1. The molecule has 0 unspecified atom stereocenters. The van der Waals surface area contributed by atoms with Crippen LogP contribution in [0.5, 0.6) is 0 Å². The molecule has 2 rings (SSSR count). The van der Waals surface area contributed by atoms with Crippen molar-refractivity contribution in [3.8, 4) is 0 Å². The van der Waals surface area contributed by atoms with Crippen molar-refractivity contribution in [2.45, 2.75) is 20.4 Å². The molecule has 0 fully saturated rings. The van der Waals surface area contributed by atoms with Crippen LogP contribution in [-0.2, 0) is 6.54 Å². The van der Waals surface area contributed by atoms with Gasteiger partial charge in [-0.1, -0.05) is 13.8 Å². The zero-order valence-electron chi connectivity index (χ0n) is 11.3. The highest BCUT2D eigenvalue weighted by Crippen LogP contribution is 2.15. The summed E-state index contributed by atoms with van der Waals surface area (Å²) >= 11 is 0. The number of rotatable bonds is 5.